The number of hydrogen-bond acceptors (Lipinski definition) is 4. The summed E-state index contributed by atoms with van der Waals surface area (Å²) in [7, 11) is 0. The molecule has 0 unspecified atom stereocenters. The maximum Gasteiger partial charge on any atom is 0.225 e. The van der Waals surface area contributed by atoms with Crippen molar-refractivity contribution in [1.82, 2.24) is 14.9 Å². The quantitative estimate of drug-likeness (QED) is 0.850. The summed E-state index contributed by atoms with van der Waals surface area (Å²) in [5.41, 5.74) is 2.43. The van der Waals surface area contributed by atoms with Crippen molar-refractivity contribution in [1.29, 1.82) is 0 Å². The number of rotatable bonds is 4. The van der Waals surface area contributed by atoms with E-state index in [1.54, 1.807) is 6.92 Å². The zero-order valence-corrected chi connectivity index (χ0v) is 15.5. The van der Waals surface area contributed by atoms with Gasteiger partial charge in [-0.05, 0) is 17.5 Å². The van der Waals surface area contributed by atoms with E-state index in [9.17, 15) is 4.79 Å². The molecule has 2 saturated heterocycles. The maximum absolute atomic E-state index is 12.2. The van der Waals surface area contributed by atoms with Crippen molar-refractivity contribution in [3.8, 4) is 0 Å². The standard InChI is InChI=1S/C21H26N4O/c1-3-7-16-10-22-21(23-11-16)24-12-18-13-25(15(2)26)20(19(18)14-24)17-8-5-4-6-9-17/h4-6,8-11,18-20H,3,7,12-14H2,1-2H3/t18-,19-,20-/m1/s1. The monoisotopic (exact) mass is 350 g/mol. The molecule has 2 aliphatic rings. The van der Waals surface area contributed by atoms with Crippen LogP contribution in [0.15, 0.2) is 42.7 Å². The van der Waals surface area contributed by atoms with Crippen LogP contribution in [0, 0.1) is 11.8 Å². The highest BCUT2D eigenvalue weighted by Gasteiger charge is 2.48. The van der Waals surface area contributed by atoms with Gasteiger partial charge in [0.05, 0.1) is 6.04 Å². The van der Waals surface area contributed by atoms with Crippen LogP contribution < -0.4 is 4.90 Å². The molecule has 3 atom stereocenters. The molecule has 0 aliphatic carbocycles. The molecule has 2 aliphatic heterocycles. The summed E-state index contributed by atoms with van der Waals surface area (Å²) in [5, 5.41) is 0. The van der Waals surface area contributed by atoms with Crippen LogP contribution in [0.3, 0.4) is 0 Å². The Kier molecular flexibility index (Phi) is 4.62. The van der Waals surface area contributed by atoms with Crippen molar-refractivity contribution in [3.63, 3.8) is 0 Å². The number of carbonyl (C=O) groups is 1. The zero-order chi connectivity index (χ0) is 18.1. The molecule has 136 valence electrons. The molecule has 3 heterocycles. The summed E-state index contributed by atoms with van der Waals surface area (Å²) in [6.45, 7) is 6.50. The number of nitrogens with zero attached hydrogens (tertiary/aromatic N) is 4. The molecule has 0 saturated carbocycles. The number of aromatic nitrogens is 2. The van der Waals surface area contributed by atoms with Crippen LogP contribution in [-0.2, 0) is 11.2 Å². The van der Waals surface area contributed by atoms with E-state index in [0.717, 1.165) is 38.4 Å². The van der Waals surface area contributed by atoms with E-state index in [-0.39, 0.29) is 11.9 Å². The normalized spacial score (nSPS) is 24.8. The molecule has 5 heteroatoms. The minimum absolute atomic E-state index is 0.156. The molecule has 0 spiro atoms. The molecule has 2 aromatic rings. The Morgan fingerprint density at radius 1 is 1.12 bits per heavy atom. The number of aryl methyl sites for hydroxylation is 1. The Morgan fingerprint density at radius 2 is 1.85 bits per heavy atom. The van der Waals surface area contributed by atoms with Gasteiger partial charge in [-0.3, -0.25) is 4.79 Å². The highest BCUT2D eigenvalue weighted by molar-refractivity contribution is 5.74. The third-order valence-electron chi connectivity index (χ3n) is 5.72. The number of fused-ring (bicyclic) bond motifs is 1. The predicted octanol–water partition coefficient (Wildman–Crippen LogP) is 3.08. The van der Waals surface area contributed by atoms with Gasteiger partial charge in [-0.2, -0.15) is 0 Å². The van der Waals surface area contributed by atoms with Crippen LogP contribution in [0.4, 0.5) is 5.95 Å². The summed E-state index contributed by atoms with van der Waals surface area (Å²) >= 11 is 0. The molecule has 1 aromatic heterocycles. The van der Waals surface area contributed by atoms with Gasteiger partial charge in [0.25, 0.3) is 0 Å². The SMILES string of the molecule is CCCc1cnc(N2C[C@@H]3CN(C(C)=O)[C@H](c4ccccc4)[C@@H]3C2)nc1. The largest absolute Gasteiger partial charge is 0.340 e. The van der Waals surface area contributed by atoms with E-state index >= 15 is 0 Å². The number of likely N-dealkylation sites (tertiary alicyclic amines) is 1. The van der Waals surface area contributed by atoms with Gasteiger partial charge in [0, 0.05) is 50.8 Å². The van der Waals surface area contributed by atoms with Gasteiger partial charge in [0.1, 0.15) is 0 Å². The van der Waals surface area contributed by atoms with Crippen molar-refractivity contribution in [3.05, 3.63) is 53.9 Å². The van der Waals surface area contributed by atoms with Crippen molar-refractivity contribution in [2.75, 3.05) is 24.5 Å². The van der Waals surface area contributed by atoms with Crippen molar-refractivity contribution < 1.29 is 4.79 Å². The maximum atomic E-state index is 12.2. The first-order chi connectivity index (χ1) is 12.7. The number of hydrogen-bond donors (Lipinski definition) is 0. The lowest BCUT2D eigenvalue weighted by molar-refractivity contribution is -0.130. The first-order valence-corrected chi connectivity index (χ1v) is 9.55. The lowest BCUT2D eigenvalue weighted by Crippen LogP contribution is -2.34. The molecule has 26 heavy (non-hydrogen) atoms. The molecule has 0 radical (unpaired) electrons. The average molecular weight is 350 g/mol. The highest BCUT2D eigenvalue weighted by atomic mass is 16.2. The van der Waals surface area contributed by atoms with Gasteiger partial charge in [-0.15, -0.1) is 0 Å². The lowest BCUT2D eigenvalue weighted by Gasteiger charge is -2.29. The van der Waals surface area contributed by atoms with Gasteiger partial charge in [0.15, 0.2) is 0 Å². The molecule has 1 amide bonds. The molecule has 2 fully saturated rings. The fraction of sp³-hybridized carbons (Fsp3) is 0.476. The van der Waals surface area contributed by atoms with Crippen LogP contribution in [-0.4, -0.2) is 40.4 Å². The minimum atomic E-state index is 0.156. The summed E-state index contributed by atoms with van der Waals surface area (Å²) < 4.78 is 0. The van der Waals surface area contributed by atoms with Crippen LogP contribution >= 0.6 is 0 Å². The lowest BCUT2D eigenvalue weighted by atomic mass is 9.89. The Balaban J connectivity index is 1.55. The number of amides is 1. The molecular formula is C21H26N4O. The van der Waals surface area contributed by atoms with Crippen molar-refractivity contribution >= 4 is 11.9 Å². The second-order valence-electron chi connectivity index (χ2n) is 7.50. The van der Waals surface area contributed by atoms with Gasteiger partial charge in [-0.25, -0.2) is 9.97 Å². The number of benzene rings is 1. The van der Waals surface area contributed by atoms with Crippen LogP contribution in [0.5, 0.6) is 0 Å². The van der Waals surface area contributed by atoms with E-state index in [1.165, 1.54) is 11.1 Å². The van der Waals surface area contributed by atoms with Crippen LogP contribution in [0.1, 0.15) is 37.4 Å². The smallest absolute Gasteiger partial charge is 0.225 e. The number of anilines is 1. The Bertz CT molecular complexity index is 761. The van der Waals surface area contributed by atoms with E-state index in [1.807, 2.05) is 23.4 Å². The molecule has 5 nitrogen and oxygen atoms in total. The summed E-state index contributed by atoms with van der Waals surface area (Å²) in [6.07, 6.45) is 6.04. The van der Waals surface area contributed by atoms with Crippen molar-refractivity contribution in [2.24, 2.45) is 11.8 Å². The summed E-state index contributed by atoms with van der Waals surface area (Å²) in [4.78, 5) is 25.7. The van der Waals surface area contributed by atoms with Crippen molar-refractivity contribution in [2.45, 2.75) is 32.7 Å². The fourth-order valence-corrected chi connectivity index (χ4v) is 4.54. The second kappa shape index (κ2) is 7.06. The Morgan fingerprint density at radius 3 is 2.50 bits per heavy atom. The first kappa shape index (κ1) is 17.0. The summed E-state index contributed by atoms with van der Waals surface area (Å²) in [6, 6.07) is 10.6. The fourth-order valence-electron chi connectivity index (χ4n) is 4.54. The summed E-state index contributed by atoms with van der Waals surface area (Å²) in [5.74, 6) is 1.89. The van der Waals surface area contributed by atoms with E-state index in [0.29, 0.717) is 11.8 Å². The molecular weight excluding hydrogens is 324 g/mol. The van der Waals surface area contributed by atoms with Gasteiger partial charge < -0.3 is 9.80 Å². The first-order valence-electron chi connectivity index (χ1n) is 9.55. The van der Waals surface area contributed by atoms with Crippen LogP contribution in [0.2, 0.25) is 0 Å². The third kappa shape index (κ3) is 3.06. The van der Waals surface area contributed by atoms with Gasteiger partial charge in [-0.1, -0.05) is 43.7 Å². The molecule has 1 aromatic carbocycles. The Labute approximate surface area is 155 Å². The number of carbonyl (C=O) groups excluding carboxylic acids is 1. The average Bonchev–Trinajstić information content (AvgIpc) is 3.21. The van der Waals surface area contributed by atoms with E-state index in [4.69, 9.17) is 0 Å². The van der Waals surface area contributed by atoms with Gasteiger partial charge in [0.2, 0.25) is 11.9 Å². The molecule has 4 rings (SSSR count). The molecule has 0 bridgehead atoms. The Hall–Kier alpha value is -2.43. The zero-order valence-electron chi connectivity index (χ0n) is 15.5. The highest BCUT2D eigenvalue weighted by Crippen LogP contribution is 2.45. The predicted molar refractivity (Wildman–Crippen MR) is 102 cm³/mol. The third-order valence-corrected chi connectivity index (χ3v) is 5.72. The molecule has 0 N–H and O–H groups in total. The van der Waals surface area contributed by atoms with E-state index in [2.05, 4.69) is 46.1 Å². The van der Waals surface area contributed by atoms with Gasteiger partial charge >= 0.3 is 0 Å². The van der Waals surface area contributed by atoms with E-state index < -0.39 is 0 Å². The second-order valence-corrected chi connectivity index (χ2v) is 7.50. The topological polar surface area (TPSA) is 49.3 Å². The minimum Gasteiger partial charge on any atom is -0.340 e. The van der Waals surface area contributed by atoms with Crippen LogP contribution in [0.25, 0.3) is 0 Å².